The van der Waals surface area contributed by atoms with Gasteiger partial charge in [0, 0.05) is 25.0 Å². The summed E-state index contributed by atoms with van der Waals surface area (Å²) in [4.78, 5) is 24.3. The van der Waals surface area contributed by atoms with Crippen molar-refractivity contribution in [1.29, 1.82) is 0 Å². The van der Waals surface area contributed by atoms with Gasteiger partial charge >= 0.3 is 0 Å². The SMILES string of the molecule is CCCNC(=O)C(N)(CC(C)(C)N)N[PH](=O)[C@H]1CCCNC1=O. The smallest absolute Gasteiger partial charge is 0.255 e. The fourth-order valence-electron chi connectivity index (χ4n) is 2.63. The van der Waals surface area contributed by atoms with Crippen LogP contribution in [0.4, 0.5) is 0 Å². The summed E-state index contributed by atoms with van der Waals surface area (Å²) in [5, 5.41) is 8.13. The maximum atomic E-state index is 12.6. The van der Waals surface area contributed by atoms with Crippen molar-refractivity contribution in [3.05, 3.63) is 0 Å². The molecular weight excluding hydrogens is 317 g/mol. The molecule has 0 aliphatic carbocycles. The van der Waals surface area contributed by atoms with Gasteiger partial charge in [-0.2, -0.15) is 0 Å². The number of amides is 2. The van der Waals surface area contributed by atoms with Gasteiger partial charge in [0.05, 0.1) is 0 Å². The van der Waals surface area contributed by atoms with Crippen LogP contribution < -0.4 is 27.2 Å². The number of nitrogens with one attached hydrogen (secondary N) is 3. The van der Waals surface area contributed by atoms with Gasteiger partial charge in [-0.3, -0.25) is 9.59 Å². The Hall–Kier alpha value is -0.950. The number of hydrogen-bond acceptors (Lipinski definition) is 5. The van der Waals surface area contributed by atoms with E-state index in [4.69, 9.17) is 11.5 Å². The Labute approximate surface area is 138 Å². The fraction of sp³-hybridized carbons (Fsp3) is 0.857. The average molecular weight is 347 g/mol. The predicted molar refractivity (Wildman–Crippen MR) is 91.3 cm³/mol. The number of rotatable bonds is 8. The van der Waals surface area contributed by atoms with E-state index in [9.17, 15) is 14.2 Å². The Kier molecular flexibility index (Phi) is 7.20. The van der Waals surface area contributed by atoms with Crippen molar-refractivity contribution in [2.45, 2.75) is 63.3 Å². The van der Waals surface area contributed by atoms with Crippen LogP contribution >= 0.6 is 7.95 Å². The molecule has 7 N–H and O–H groups in total. The molecule has 1 rings (SSSR count). The van der Waals surface area contributed by atoms with Crippen LogP contribution in [0.1, 0.15) is 46.5 Å². The van der Waals surface area contributed by atoms with Gasteiger partial charge in [0.25, 0.3) is 5.91 Å². The van der Waals surface area contributed by atoms with Crippen LogP contribution in [-0.4, -0.2) is 41.8 Å². The average Bonchev–Trinajstić information content (AvgIpc) is 2.42. The minimum absolute atomic E-state index is 0.0975. The standard InChI is InChI=1S/C14H30N5O3P/c1-4-7-18-12(21)14(16,9-13(2,3)15)19-23(22)10-6-5-8-17-11(10)20/h10,23H,4-9,15-16H2,1-3H3,(H,17,20)(H,18,21)(H,19,22)/t10-,14?/m0/s1. The molecule has 0 saturated carbocycles. The van der Waals surface area contributed by atoms with Crippen LogP contribution in [-0.2, 0) is 14.2 Å². The molecule has 1 saturated heterocycles. The Balaban J connectivity index is 2.88. The molecule has 0 radical (unpaired) electrons. The largest absolute Gasteiger partial charge is 0.355 e. The van der Waals surface area contributed by atoms with E-state index >= 15 is 0 Å². The zero-order chi connectivity index (χ0) is 17.7. The minimum Gasteiger partial charge on any atom is -0.355 e. The maximum absolute atomic E-state index is 12.6. The molecule has 23 heavy (non-hydrogen) atoms. The first-order chi connectivity index (χ1) is 10.6. The summed E-state index contributed by atoms with van der Waals surface area (Å²) in [5.41, 5.74) is 9.27. The quantitative estimate of drug-likeness (QED) is 0.300. The Bertz CT molecular complexity index is 466. The van der Waals surface area contributed by atoms with E-state index in [2.05, 4.69) is 15.7 Å². The highest BCUT2D eigenvalue weighted by molar-refractivity contribution is 7.44. The van der Waals surface area contributed by atoms with Crippen LogP contribution in [0.5, 0.6) is 0 Å². The van der Waals surface area contributed by atoms with Gasteiger partial charge in [-0.25, -0.2) is 5.09 Å². The van der Waals surface area contributed by atoms with Crippen molar-refractivity contribution < 1.29 is 14.2 Å². The summed E-state index contributed by atoms with van der Waals surface area (Å²) in [7, 11) is -2.59. The second kappa shape index (κ2) is 8.24. The fourth-order valence-corrected chi connectivity index (χ4v) is 4.25. The van der Waals surface area contributed by atoms with Gasteiger partial charge < -0.3 is 26.7 Å². The molecule has 0 spiro atoms. The molecule has 2 amide bonds. The molecule has 134 valence electrons. The summed E-state index contributed by atoms with van der Waals surface area (Å²) >= 11 is 0. The molecule has 0 aromatic rings. The first-order valence-electron chi connectivity index (χ1n) is 8.05. The molecule has 0 bridgehead atoms. The van der Waals surface area contributed by atoms with Gasteiger partial charge in [0.15, 0.2) is 5.66 Å². The Morgan fingerprint density at radius 1 is 1.43 bits per heavy atom. The summed E-state index contributed by atoms with van der Waals surface area (Å²) < 4.78 is 12.6. The molecule has 1 fully saturated rings. The van der Waals surface area contributed by atoms with Crippen molar-refractivity contribution in [2.24, 2.45) is 11.5 Å². The summed E-state index contributed by atoms with van der Waals surface area (Å²) in [5.74, 6) is -0.705. The molecule has 0 aromatic carbocycles. The van der Waals surface area contributed by atoms with Crippen LogP contribution in [0.25, 0.3) is 0 Å². The second-order valence-electron chi connectivity index (χ2n) is 6.87. The van der Waals surface area contributed by atoms with Crippen LogP contribution in [0.15, 0.2) is 0 Å². The second-order valence-corrected chi connectivity index (χ2v) is 8.54. The highest BCUT2D eigenvalue weighted by atomic mass is 31.1. The number of carbonyl (C=O) groups is 2. The first kappa shape index (κ1) is 20.1. The van der Waals surface area contributed by atoms with E-state index < -0.39 is 30.7 Å². The lowest BCUT2D eigenvalue weighted by atomic mass is 9.92. The molecule has 1 heterocycles. The van der Waals surface area contributed by atoms with Gasteiger partial charge in [0.1, 0.15) is 13.6 Å². The van der Waals surface area contributed by atoms with Gasteiger partial charge in [0.2, 0.25) is 5.91 Å². The van der Waals surface area contributed by atoms with E-state index in [-0.39, 0.29) is 12.3 Å². The highest BCUT2D eigenvalue weighted by Gasteiger charge is 2.41. The predicted octanol–water partition coefficient (Wildman–Crippen LogP) is -0.362. The number of carbonyl (C=O) groups excluding carboxylic acids is 2. The van der Waals surface area contributed by atoms with Crippen molar-refractivity contribution in [2.75, 3.05) is 13.1 Å². The number of hydrogen-bond donors (Lipinski definition) is 5. The molecule has 0 aromatic heterocycles. The lowest BCUT2D eigenvalue weighted by Gasteiger charge is -2.36. The van der Waals surface area contributed by atoms with Crippen LogP contribution in [0, 0.1) is 0 Å². The highest BCUT2D eigenvalue weighted by Crippen LogP contribution is 2.32. The monoisotopic (exact) mass is 347 g/mol. The van der Waals surface area contributed by atoms with E-state index in [1.165, 1.54) is 0 Å². The third-order valence-corrected chi connectivity index (χ3v) is 5.50. The van der Waals surface area contributed by atoms with Gasteiger partial charge in [-0.15, -0.1) is 0 Å². The van der Waals surface area contributed by atoms with E-state index in [1.54, 1.807) is 13.8 Å². The van der Waals surface area contributed by atoms with Crippen LogP contribution in [0.2, 0.25) is 0 Å². The topological polar surface area (TPSA) is 139 Å². The Morgan fingerprint density at radius 3 is 2.61 bits per heavy atom. The first-order valence-corrected chi connectivity index (χ1v) is 9.53. The minimum atomic E-state index is -2.59. The van der Waals surface area contributed by atoms with Crippen molar-refractivity contribution >= 4 is 19.8 Å². The number of nitrogens with two attached hydrogens (primary N) is 2. The maximum Gasteiger partial charge on any atom is 0.255 e. The molecule has 1 aliphatic rings. The molecule has 9 heteroatoms. The molecule has 1 aliphatic heterocycles. The van der Waals surface area contributed by atoms with Crippen LogP contribution in [0.3, 0.4) is 0 Å². The zero-order valence-corrected chi connectivity index (χ0v) is 15.2. The zero-order valence-electron chi connectivity index (χ0n) is 14.2. The Morgan fingerprint density at radius 2 is 2.09 bits per heavy atom. The lowest BCUT2D eigenvalue weighted by Crippen LogP contribution is -2.65. The normalized spacial score (nSPS) is 22.8. The van der Waals surface area contributed by atoms with Gasteiger partial charge in [-0.05, 0) is 33.1 Å². The molecule has 2 unspecified atom stereocenters. The van der Waals surface area contributed by atoms with E-state index in [0.717, 1.165) is 12.8 Å². The summed E-state index contributed by atoms with van der Waals surface area (Å²) in [6, 6.07) is 0. The lowest BCUT2D eigenvalue weighted by molar-refractivity contribution is -0.127. The van der Waals surface area contributed by atoms with E-state index in [0.29, 0.717) is 19.5 Å². The summed E-state index contributed by atoms with van der Waals surface area (Å²) in [6.07, 6.45) is 2.14. The van der Waals surface area contributed by atoms with Crippen molar-refractivity contribution in [3.8, 4) is 0 Å². The number of piperidine rings is 1. The summed E-state index contributed by atoms with van der Waals surface area (Å²) in [6.45, 7) is 6.47. The van der Waals surface area contributed by atoms with Gasteiger partial charge in [-0.1, -0.05) is 6.92 Å². The third kappa shape index (κ3) is 6.22. The molecule has 3 atom stereocenters. The molecular formula is C14H30N5O3P. The van der Waals surface area contributed by atoms with Crippen molar-refractivity contribution in [1.82, 2.24) is 15.7 Å². The van der Waals surface area contributed by atoms with E-state index in [1.807, 2.05) is 6.92 Å². The third-order valence-electron chi connectivity index (χ3n) is 3.62. The van der Waals surface area contributed by atoms with Crippen molar-refractivity contribution in [3.63, 3.8) is 0 Å². The molecule has 8 nitrogen and oxygen atoms in total.